The van der Waals surface area contributed by atoms with Crippen LogP contribution in [0.15, 0.2) is 24.3 Å². The van der Waals surface area contributed by atoms with E-state index in [2.05, 4.69) is 0 Å². The Kier molecular flexibility index (Phi) is 4.44. The standard InChI is InChI=1S/C9H7Cl5O/c10-8(11,9(12,13)14)7-3-1-6(5-15)2-4-7/h1-4,15H,5H2. The van der Waals surface area contributed by atoms with E-state index in [1.807, 2.05) is 0 Å². The Morgan fingerprint density at radius 1 is 0.933 bits per heavy atom. The highest BCUT2D eigenvalue weighted by molar-refractivity contribution is 6.75. The van der Waals surface area contributed by atoms with Crippen molar-refractivity contribution in [3.63, 3.8) is 0 Å². The Balaban J connectivity index is 3.06. The van der Waals surface area contributed by atoms with Gasteiger partial charge in [0.2, 0.25) is 3.79 Å². The van der Waals surface area contributed by atoms with Gasteiger partial charge in [0.05, 0.1) is 6.61 Å². The van der Waals surface area contributed by atoms with Crippen LogP contribution in [0.4, 0.5) is 0 Å². The van der Waals surface area contributed by atoms with Crippen LogP contribution in [0.25, 0.3) is 0 Å². The maximum Gasteiger partial charge on any atom is 0.227 e. The second-order valence-corrected chi connectivity index (χ2v) is 6.54. The number of hydrogen-bond donors (Lipinski definition) is 1. The van der Waals surface area contributed by atoms with Crippen molar-refractivity contribution in [2.24, 2.45) is 0 Å². The predicted octanol–water partition coefficient (Wildman–Crippen LogP) is 4.18. The van der Waals surface area contributed by atoms with E-state index in [0.29, 0.717) is 5.56 Å². The van der Waals surface area contributed by atoms with Crippen LogP contribution in [0, 0.1) is 0 Å². The number of hydrogen-bond acceptors (Lipinski definition) is 1. The molecule has 0 amide bonds. The van der Waals surface area contributed by atoms with Gasteiger partial charge in [0.15, 0.2) is 4.33 Å². The van der Waals surface area contributed by atoms with Gasteiger partial charge < -0.3 is 5.11 Å². The quantitative estimate of drug-likeness (QED) is 0.813. The second kappa shape index (κ2) is 4.87. The van der Waals surface area contributed by atoms with E-state index in [1.54, 1.807) is 24.3 Å². The monoisotopic (exact) mass is 306 g/mol. The van der Waals surface area contributed by atoms with Gasteiger partial charge in [-0.3, -0.25) is 0 Å². The van der Waals surface area contributed by atoms with Crippen molar-refractivity contribution in [3.8, 4) is 0 Å². The van der Waals surface area contributed by atoms with Gasteiger partial charge in [0.1, 0.15) is 0 Å². The summed E-state index contributed by atoms with van der Waals surface area (Å²) in [6.45, 7) is -0.0639. The summed E-state index contributed by atoms with van der Waals surface area (Å²) in [4.78, 5) is 0. The van der Waals surface area contributed by atoms with Crippen molar-refractivity contribution in [3.05, 3.63) is 35.4 Å². The van der Waals surface area contributed by atoms with Crippen LogP contribution in [0.5, 0.6) is 0 Å². The first-order valence-corrected chi connectivity index (χ1v) is 5.83. The van der Waals surface area contributed by atoms with Crippen LogP contribution < -0.4 is 0 Å². The van der Waals surface area contributed by atoms with Gasteiger partial charge in [-0.25, -0.2) is 0 Å². The SMILES string of the molecule is OCc1ccc(C(Cl)(Cl)C(Cl)(Cl)Cl)cc1. The van der Waals surface area contributed by atoms with E-state index in [1.165, 1.54) is 0 Å². The van der Waals surface area contributed by atoms with Crippen molar-refractivity contribution >= 4 is 58.0 Å². The van der Waals surface area contributed by atoms with E-state index in [4.69, 9.17) is 63.1 Å². The molecule has 1 aromatic rings. The lowest BCUT2D eigenvalue weighted by Gasteiger charge is -2.27. The van der Waals surface area contributed by atoms with Crippen molar-refractivity contribution in [1.29, 1.82) is 0 Å². The molecule has 0 heterocycles. The Bertz CT molecular complexity index is 327. The van der Waals surface area contributed by atoms with E-state index in [0.717, 1.165) is 5.56 Å². The third kappa shape index (κ3) is 3.06. The number of halogens is 5. The largest absolute Gasteiger partial charge is 0.392 e. The molecule has 0 fully saturated rings. The van der Waals surface area contributed by atoms with E-state index < -0.39 is 8.13 Å². The Morgan fingerprint density at radius 2 is 1.40 bits per heavy atom. The molecule has 0 aliphatic heterocycles. The number of benzene rings is 1. The van der Waals surface area contributed by atoms with Gasteiger partial charge in [-0.2, -0.15) is 0 Å². The summed E-state index contributed by atoms with van der Waals surface area (Å²) in [5.74, 6) is 0. The maximum absolute atomic E-state index is 8.85. The molecule has 1 rings (SSSR count). The van der Waals surface area contributed by atoms with Crippen molar-refractivity contribution in [2.45, 2.75) is 14.7 Å². The zero-order chi connectivity index (χ0) is 11.7. The number of rotatable bonds is 2. The molecule has 0 aliphatic rings. The molecule has 15 heavy (non-hydrogen) atoms. The maximum atomic E-state index is 8.85. The third-order valence-corrected chi connectivity index (χ3v) is 4.29. The molecular formula is C9H7Cl5O. The minimum atomic E-state index is -1.82. The summed E-state index contributed by atoms with van der Waals surface area (Å²) < 4.78 is -3.44. The van der Waals surface area contributed by atoms with Crippen LogP contribution in [-0.2, 0) is 10.9 Å². The number of aliphatic hydroxyl groups excluding tert-OH is 1. The van der Waals surface area contributed by atoms with Crippen LogP contribution in [0.1, 0.15) is 11.1 Å². The first kappa shape index (κ1) is 13.7. The van der Waals surface area contributed by atoms with Crippen LogP contribution in [0.3, 0.4) is 0 Å². The fourth-order valence-corrected chi connectivity index (χ4v) is 1.56. The Labute approximate surface area is 113 Å². The van der Waals surface area contributed by atoms with Crippen molar-refractivity contribution in [2.75, 3.05) is 0 Å². The van der Waals surface area contributed by atoms with Crippen molar-refractivity contribution < 1.29 is 5.11 Å². The second-order valence-electron chi connectivity index (χ2n) is 2.93. The highest BCUT2D eigenvalue weighted by Gasteiger charge is 2.47. The summed E-state index contributed by atoms with van der Waals surface area (Å²) >= 11 is 28.8. The average Bonchev–Trinajstić information content (AvgIpc) is 2.16. The summed E-state index contributed by atoms with van der Waals surface area (Å²) in [6, 6.07) is 6.53. The molecule has 84 valence electrons. The molecule has 0 radical (unpaired) electrons. The van der Waals surface area contributed by atoms with E-state index >= 15 is 0 Å². The normalized spacial score (nSPS) is 12.9. The molecule has 0 spiro atoms. The zero-order valence-corrected chi connectivity index (χ0v) is 11.1. The molecule has 0 atom stereocenters. The van der Waals surface area contributed by atoms with Crippen molar-refractivity contribution in [1.82, 2.24) is 0 Å². The first-order valence-electron chi connectivity index (χ1n) is 3.94. The lowest BCUT2D eigenvalue weighted by atomic mass is 10.1. The minimum absolute atomic E-state index is 0.0639. The molecule has 0 unspecified atom stereocenters. The Hall–Kier alpha value is 0.630. The molecule has 1 N–H and O–H groups in total. The lowest BCUT2D eigenvalue weighted by molar-refractivity contribution is 0.282. The molecule has 1 aromatic carbocycles. The molecule has 0 aliphatic carbocycles. The molecular weight excluding hydrogens is 301 g/mol. The molecule has 1 nitrogen and oxygen atoms in total. The van der Waals surface area contributed by atoms with Crippen LogP contribution in [-0.4, -0.2) is 8.90 Å². The molecule has 0 saturated carbocycles. The fourth-order valence-electron chi connectivity index (χ4n) is 0.983. The number of alkyl halides is 5. The highest BCUT2D eigenvalue weighted by atomic mass is 35.6. The van der Waals surface area contributed by atoms with Gasteiger partial charge in [0.25, 0.3) is 0 Å². The predicted molar refractivity (Wildman–Crippen MR) is 66.0 cm³/mol. The van der Waals surface area contributed by atoms with E-state index in [-0.39, 0.29) is 6.61 Å². The fraction of sp³-hybridized carbons (Fsp3) is 0.333. The van der Waals surface area contributed by atoms with Gasteiger partial charge in [-0.1, -0.05) is 82.3 Å². The molecule has 6 heteroatoms. The summed E-state index contributed by atoms with van der Waals surface area (Å²) in [5.41, 5.74) is 1.19. The minimum Gasteiger partial charge on any atom is -0.392 e. The van der Waals surface area contributed by atoms with Crippen LogP contribution in [0.2, 0.25) is 0 Å². The molecule has 0 aromatic heterocycles. The van der Waals surface area contributed by atoms with Gasteiger partial charge in [-0.15, -0.1) is 0 Å². The topological polar surface area (TPSA) is 20.2 Å². The average molecular weight is 308 g/mol. The first-order chi connectivity index (χ1) is 6.79. The summed E-state index contributed by atoms with van der Waals surface area (Å²) in [7, 11) is 0. The lowest BCUT2D eigenvalue weighted by Crippen LogP contribution is -2.28. The third-order valence-electron chi connectivity index (χ3n) is 1.86. The van der Waals surface area contributed by atoms with Gasteiger partial charge >= 0.3 is 0 Å². The molecule has 0 saturated heterocycles. The summed E-state index contributed by atoms with van der Waals surface area (Å²) in [5, 5.41) is 8.85. The zero-order valence-electron chi connectivity index (χ0n) is 7.35. The number of aliphatic hydroxyl groups is 1. The Morgan fingerprint density at radius 3 is 1.73 bits per heavy atom. The van der Waals surface area contributed by atoms with Gasteiger partial charge in [-0.05, 0) is 11.1 Å². The van der Waals surface area contributed by atoms with Gasteiger partial charge in [0, 0.05) is 0 Å². The van der Waals surface area contributed by atoms with E-state index in [9.17, 15) is 0 Å². The van der Waals surface area contributed by atoms with Crippen LogP contribution >= 0.6 is 58.0 Å². The smallest absolute Gasteiger partial charge is 0.227 e. The summed E-state index contributed by atoms with van der Waals surface area (Å²) in [6.07, 6.45) is 0. The molecule has 0 bridgehead atoms. The highest BCUT2D eigenvalue weighted by Crippen LogP contribution is 2.52.